The Morgan fingerprint density at radius 3 is 2.47 bits per heavy atom. The lowest BCUT2D eigenvalue weighted by atomic mass is 10.1. The van der Waals surface area contributed by atoms with Crippen LogP contribution in [0.1, 0.15) is 40.0 Å². The maximum Gasteiger partial charge on any atom is 0.330 e. The second-order valence-electron chi connectivity index (χ2n) is 9.02. The zero-order valence-corrected chi connectivity index (χ0v) is 19.8. The van der Waals surface area contributed by atoms with Gasteiger partial charge in [-0.3, -0.25) is 19.1 Å². The molecule has 1 aromatic carbocycles. The number of carbonyl (C=O) groups is 1. The van der Waals surface area contributed by atoms with E-state index in [2.05, 4.69) is 9.97 Å². The third kappa shape index (κ3) is 5.81. The molecule has 3 N–H and O–H groups in total. The molecule has 3 aromatic rings. The molecular formula is C24H30FN5O4. The Kier molecular flexibility index (Phi) is 7.70. The van der Waals surface area contributed by atoms with E-state index in [4.69, 9.17) is 10.2 Å². The number of anilines is 2. The summed E-state index contributed by atoms with van der Waals surface area (Å²) in [5, 5.41) is 0. The number of benzene rings is 1. The van der Waals surface area contributed by atoms with Gasteiger partial charge in [-0.1, -0.05) is 27.7 Å². The van der Waals surface area contributed by atoms with Crippen LogP contribution in [-0.4, -0.2) is 27.0 Å². The minimum atomic E-state index is -0.703. The highest BCUT2D eigenvalue weighted by atomic mass is 19.1. The molecule has 2 heterocycles. The van der Waals surface area contributed by atoms with E-state index in [9.17, 15) is 18.8 Å². The smallest absolute Gasteiger partial charge is 0.330 e. The zero-order valence-electron chi connectivity index (χ0n) is 19.8. The Morgan fingerprint density at radius 1 is 1.18 bits per heavy atom. The standard InChI is InChI=1S/C24H30FN5O4/c1-14(2)12-29(21-22(26)30(13-15(3)4)24(33)28-23(21)32)20(31)10-9-19-27-11-18(34-19)16-5-7-17(25)8-6-16/h5-8,11,14-15H,9-10,12-13,26H2,1-4H3,(H,28,32,33). The molecule has 10 heteroatoms. The topological polar surface area (TPSA) is 127 Å². The first-order valence-corrected chi connectivity index (χ1v) is 11.2. The number of aromatic amines is 1. The van der Waals surface area contributed by atoms with Gasteiger partial charge in [-0.25, -0.2) is 14.2 Å². The lowest BCUT2D eigenvalue weighted by molar-refractivity contribution is -0.118. The number of oxazole rings is 1. The fourth-order valence-electron chi connectivity index (χ4n) is 3.59. The van der Waals surface area contributed by atoms with E-state index in [0.29, 0.717) is 23.8 Å². The van der Waals surface area contributed by atoms with E-state index in [-0.39, 0.29) is 54.5 Å². The van der Waals surface area contributed by atoms with Crippen LogP contribution in [0.5, 0.6) is 0 Å². The van der Waals surface area contributed by atoms with Gasteiger partial charge in [-0.2, -0.15) is 0 Å². The maximum absolute atomic E-state index is 13.2. The van der Waals surface area contributed by atoms with Crippen molar-refractivity contribution in [3.63, 3.8) is 0 Å². The molecule has 0 saturated heterocycles. The number of aromatic nitrogens is 3. The minimum absolute atomic E-state index is 0.0122. The third-order valence-electron chi connectivity index (χ3n) is 5.12. The van der Waals surface area contributed by atoms with Gasteiger partial charge in [0.1, 0.15) is 11.6 Å². The van der Waals surface area contributed by atoms with Crippen LogP contribution in [0.3, 0.4) is 0 Å². The monoisotopic (exact) mass is 471 g/mol. The number of halogens is 1. The molecule has 9 nitrogen and oxygen atoms in total. The van der Waals surface area contributed by atoms with Crippen LogP contribution < -0.4 is 21.9 Å². The molecule has 0 fully saturated rings. The Bertz CT molecular complexity index is 1260. The summed E-state index contributed by atoms with van der Waals surface area (Å²) in [7, 11) is 0. The summed E-state index contributed by atoms with van der Waals surface area (Å²) >= 11 is 0. The summed E-state index contributed by atoms with van der Waals surface area (Å²) in [6, 6.07) is 5.81. The van der Waals surface area contributed by atoms with Crippen LogP contribution in [0.4, 0.5) is 15.9 Å². The summed E-state index contributed by atoms with van der Waals surface area (Å²) < 4.78 is 20.1. The van der Waals surface area contributed by atoms with Crippen molar-refractivity contribution >= 4 is 17.4 Å². The van der Waals surface area contributed by atoms with Crippen LogP contribution in [0.25, 0.3) is 11.3 Å². The first-order chi connectivity index (χ1) is 16.1. The molecular weight excluding hydrogens is 441 g/mol. The average molecular weight is 472 g/mol. The van der Waals surface area contributed by atoms with Crippen LogP contribution in [0.15, 0.2) is 44.5 Å². The quantitative estimate of drug-likeness (QED) is 0.493. The van der Waals surface area contributed by atoms with Crippen molar-refractivity contribution in [2.24, 2.45) is 11.8 Å². The summed E-state index contributed by atoms with van der Waals surface area (Å²) in [6.07, 6.45) is 1.72. The number of nitrogen functional groups attached to an aromatic ring is 1. The Balaban J connectivity index is 1.84. The first-order valence-electron chi connectivity index (χ1n) is 11.2. The normalized spacial score (nSPS) is 11.4. The first kappa shape index (κ1) is 24.9. The van der Waals surface area contributed by atoms with Crippen molar-refractivity contribution in [1.29, 1.82) is 0 Å². The molecule has 0 radical (unpaired) electrons. The fourth-order valence-corrected chi connectivity index (χ4v) is 3.59. The van der Waals surface area contributed by atoms with Crippen molar-refractivity contribution < 1.29 is 13.6 Å². The molecule has 0 aliphatic carbocycles. The third-order valence-corrected chi connectivity index (χ3v) is 5.12. The van der Waals surface area contributed by atoms with Gasteiger partial charge in [0.25, 0.3) is 5.56 Å². The van der Waals surface area contributed by atoms with Crippen LogP contribution in [0, 0.1) is 17.7 Å². The van der Waals surface area contributed by atoms with Crippen molar-refractivity contribution in [3.8, 4) is 11.3 Å². The van der Waals surface area contributed by atoms with Crippen molar-refractivity contribution in [2.45, 2.75) is 47.1 Å². The zero-order chi connectivity index (χ0) is 25.0. The van der Waals surface area contributed by atoms with Gasteiger partial charge in [0.2, 0.25) is 5.91 Å². The van der Waals surface area contributed by atoms with E-state index in [1.165, 1.54) is 27.8 Å². The molecule has 34 heavy (non-hydrogen) atoms. The number of amides is 1. The largest absolute Gasteiger partial charge is 0.441 e. The number of nitrogens with one attached hydrogen (secondary N) is 1. The number of hydrogen-bond donors (Lipinski definition) is 2. The average Bonchev–Trinajstić information content (AvgIpc) is 3.23. The van der Waals surface area contributed by atoms with Gasteiger partial charge in [0.15, 0.2) is 17.3 Å². The van der Waals surface area contributed by atoms with Crippen molar-refractivity contribution in [1.82, 2.24) is 14.5 Å². The molecule has 0 unspecified atom stereocenters. The van der Waals surface area contributed by atoms with Gasteiger partial charge in [-0.15, -0.1) is 0 Å². The predicted molar refractivity (Wildman–Crippen MR) is 128 cm³/mol. The highest BCUT2D eigenvalue weighted by molar-refractivity contribution is 5.95. The molecule has 0 bridgehead atoms. The van der Waals surface area contributed by atoms with Crippen LogP contribution >= 0.6 is 0 Å². The van der Waals surface area contributed by atoms with E-state index in [1.54, 1.807) is 12.1 Å². The lowest BCUT2D eigenvalue weighted by Crippen LogP contribution is -2.43. The van der Waals surface area contributed by atoms with Gasteiger partial charge in [-0.05, 0) is 36.1 Å². The van der Waals surface area contributed by atoms with E-state index in [1.807, 2.05) is 27.7 Å². The fraction of sp³-hybridized carbons (Fsp3) is 0.417. The van der Waals surface area contributed by atoms with Crippen molar-refractivity contribution in [3.05, 3.63) is 63.0 Å². The minimum Gasteiger partial charge on any atom is -0.441 e. The Labute approximate surface area is 196 Å². The number of hydrogen-bond acceptors (Lipinski definition) is 6. The lowest BCUT2D eigenvalue weighted by Gasteiger charge is -2.26. The van der Waals surface area contributed by atoms with E-state index >= 15 is 0 Å². The van der Waals surface area contributed by atoms with E-state index < -0.39 is 11.2 Å². The SMILES string of the molecule is CC(C)CN(C(=O)CCc1ncc(-c2ccc(F)cc2)o1)c1c(N)n(CC(C)C)c(=O)[nH]c1=O. The molecule has 182 valence electrons. The van der Waals surface area contributed by atoms with E-state index in [0.717, 1.165) is 0 Å². The molecule has 3 rings (SSSR count). The van der Waals surface area contributed by atoms with Gasteiger partial charge in [0, 0.05) is 31.5 Å². The summed E-state index contributed by atoms with van der Waals surface area (Å²) in [6.45, 7) is 8.23. The number of nitrogens with zero attached hydrogens (tertiary/aromatic N) is 3. The number of nitrogens with two attached hydrogens (primary N) is 1. The molecule has 0 atom stereocenters. The number of rotatable bonds is 9. The van der Waals surface area contributed by atoms with Crippen molar-refractivity contribution in [2.75, 3.05) is 17.2 Å². The van der Waals surface area contributed by atoms with Crippen LogP contribution in [-0.2, 0) is 17.8 Å². The van der Waals surface area contributed by atoms with Gasteiger partial charge in [0.05, 0.1) is 6.20 Å². The Hall–Kier alpha value is -3.69. The molecule has 1 amide bonds. The second-order valence-corrected chi connectivity index (χ2v) is 9.02. The van der Waals surface area contributed by atoms with Gasteiger partial charge < -0.3 is 15.1 Å². The summed E-state index contributed by atoms with van der Waals surface area (Å²) in [5.41, 5.74) is 5.55. The Morgan fingerprint density at radius 2 is 1.85 bits per heavy atom. The second kappa shape index (κ2) is 10.5. The number of H-pyrrole nitrogens is 1. The summed E-state index contributed by atoms with van der Waals surface area (Å²) in [5.74, 6) is 0.210. The molecule has 0 aliphatic heterocycles. The summed E-state index contributed by atoms with van der Waals surface area (Å²) in [4.78, 5) is 46.0. The number of carbonyl (C=O) groups excluding carboxylic acids is 1. The molecule has 0 aliphatic rings. The predicted octanol–water partition coefficient (Wildman–Crippen LogP) is 3.19. The van der Waals surface area contributed by atoms with Crippen LogP contribution in [0.2, 0.25) is 0 Å². The molecule has 0 spiro atoms. The number of aryl methyl sites for hydroxylation is 1. The molecule has 0 saturated carbocycles. The molecule has 2 aromatic heterocycles. The maximum atomic E-state index is 13.2. The van der Waals surface area contributed by atoms with Gasteiger partial charge >= 0.3 is 5.69 Å². The highest BCUT2D eigenvalue weighted by Gasteiger charge is 2.25. The highest BCUT2D eigenvalue weighted by Crippen LogP contribution is 2.23.